The highest BCUT2D eigenvalue weighted by Crippen LogP contribution is 2.37. The van der Waals surface area contributed by atoms with E-state index in [1.54, 1.807) is 0 Å². The first-order chi connectivity index (χ1) is 14.1. The number of H-pyrrole nitrogens is 2. The van der Waals surface area contributed by atoms with Gasteiger partial charge in [0.05, 0.1) is 11.4 Å². The summed E-state index contributed by atoms with van der Waals surface area (Å²) < 4.78 is 2.10. The van der Waals surface area contributed by atoms with Crippen LogP contribution in [-0.2, 0) is 0 Å². The van der Waals surface area contributed by atoms with E-state index in [0.29, 0.717) is 0 Å². The molecule has 0 unspecified atom stereocenters. The minimum absolute atomic E-state index is 0.871. The predicted octanol–water partition coefficient (Wildman–Crippen LogP) is 7.73. The Balaban J connectivity index is 1.75. The van der Waals surface area contributed by atoms with Crippen LogP contribution in [0.1, 0.15) is 5.69 Å². The van der Waals surface area contributed by atoms with Crippen LogP contribution in [0.4, 0.5) is 0 Å². The number of rotatable bonds is 3. The van der Waals surface area contributed by atoms with E-state index in [1.165, 1.54) is 5.39 Å². The van der Waals surface area contributed by atoms with Gasteiger partial charge in [-0.15, -0.1) is 0 Å². The molecular formula is C24H17Br2N3. The Bertz CT molecular complexity index is 1250. The van der Waals surface area contributed by atoms with Gasteiger partial charge in [-0.1, -0.05) is 74.3 Å². The highest BCUT2D eigenvalue weighted by molar-refractivity contribution is 9.10. The molecule has 3 nitrogen and oxygen atoms in total. The van der Waals surface area contributed by atoms with Crippen LogP contribution in [-0.4, -0.2) is 15.0 Å². The molecule has 5 aromatic rings. The maximum absolute atomic E-state index is 5.06. The van der Waals surface area contributed by atoms with E-state index in [0.717, 1.165) is 54.1 Å². The molecule has 0 aliphatic carbocycles. The first kappa shape index (κ1) is 18.4. The van der Waals surface area contributed by atoms with Crippen molar-refractivity contribution in [3.8, 4) is 33.9 Å². The highest BCUT2D eigenvalue weighted by atomic mass is 79.9. The van der Waals surface area contributed by atoms with Crippen LogP contribution in [0.5, 0.6) is 0 Å². The van der Waals surface area contributed by atoms with Gasteiger partial charge >= 0.3 is 0 Å². The van der Waals surface area contributed by atoms with Crippen molar-refractivity contribution in [2.75, 3.05) is 0 Å². The van der Waals surface area contributed by atoms with Crippen LogP contribution in [0.3, 0.4) is 0 Å². The molecule has 0 fully saturated rings. The molecule has 5 heteroatoms. The number of nitrogens with zero attached hydrogens (tertiary/aromatic N) is 1. The number of aromatic nitrogens is 3. The largest absolute Gasteiger partial charge is 0.358 e. The number of imidazole rings is 1. The van der Waals surface area contributed by atoms with Crippen molar-refractivity contribution < 1.29 is 0 Å². The summed E-state index contributed by atoms with van der Waals surface area (Å²) >= 11 is 7.05. The lowest BCUT2D eigenvalue weighted by molar-refractivity contribution is 1.25. The molecule has 0 atom stereocenters. The van der Waals surface area contributed by atoms with Crippen molar-refractivity contribution in [2.24, 2.45) is 0 Å². The van der Waals surface area contributed by atoms with Crippen molar-refractivity contribution >= 4 is 42.8 Å². The van der Waals surface area contributed by atoms with Crippen LogP contribution >= 0.6 is 31.9 Å². The second kappa shape index (κ2) is 7.32. The Hall–Kier alpha value is -2.63. The highest BCUT2D eigenvalue weighted by Gasteiger charge is 2.19. The average molecular weight is 507 g/mol. The SMILES string of the molecule is Cc1[nH]c2ccccc2c1-c1nc(-c2ccc(Br)cc2)c(-c2ccc(Br)cc2)[nH]1. The van der Waals surface area contributed by atoms with Gasteiger partial charge in [-0.3, -0.25) is 0 Å². The summed E-state index contributed by atoms with van der Waals surface area (Å²) in [6.07, 6.45) is 0. The first-order valence-electron chi connectivity index (χ1n) is 9.30. The van der Waals surface area contributed by atoms with Crippen LogP contribution in [0.2, 0.25) is 0 Å². The van der Waals surface area contributed by atoms with Crippen molar-refractivity contribution in [2.45, 2.75) is 6.92 Å². The average Bonchev–Trinajstić information content (AvgIpc) is 3.29. The molecule has 0 saturated heterocycles. The van der Waals surface area contributed by atoms with Gasteiger partial charge in [0.25, 0.3) is 0 Å². The maximum atomic E-state index is 5.06. The van der Waals surface area contributed by atoms with Gasteiger partial charge in [-0.05, 0) is 37.3 Å². The number of nitrogens with one attached hydrogen (secondary N) is 2. The molecule has 0 aliphatic rings. The lowest BCUT2D eigenvalue weighted by Crippen LogP contribution is -1.83. The molecule has 0 radical (unpaired) electrons. The van der Waals surface area contributed by atoms with Crippen molar-refractivity contribution in [1.82, 2.24) is 15.0 Å². The van der Waals surface area contributed by atoms with Gasteiger partial charge in [-0.25, -0.2) is 4.98 Å². The van der Waals surface area contributed by atoms with Crippen LogP contribution < -0.4 is 0 Å². The van der Waals surface area contributed by atoms with E-state index in [4.69, 9.17) is 4.98 Å². The van der Waals surface area contributed by atoms with Gasteiger partial charge in [-0.2, -0.15) is 0 Å². The van der Waals surface area contributed by atoms with Crippen molar-refractivity contribution in [3.63, 3.8) is 0 Å². The number of hydrogen-bond donors (Lipinski definition) is 2. The first-order valence-corrected chi connectivity index (χ1v) is 10.9. The van der Waals surface area contributed by atoms with E-state index < -0.39 is 0 Å². The Labute approximate surface area is 185 Å². The number of halogens is 2. The van der Waals surface area contributed by atoms with Crippen LogP contribution in [0.25, 0.3) is 44.8 Å². The molecule has 0 aliphatic heterocycles. The van der Waals surface area contributed by atoms with Gasteiger partial charge in [0.15, 0.2) is 0 Å². The second-order valence-corrected chi connectivity index (χ2v) is 8.82. The summed E-state index contributed by atoms with van der Waals surface area (Å²) in [6, 6.07) is 24.9. The third-order valence-corrected chi connectivity index (χ3v) is 6.14. The Morgan fingerprint density at radius 2 is 1.34 bits per heavy atom. The van der Waals surface area contributed by atoms with Gasteiger partial charge in [0.1, 0.15) is 5.82 Å². The van der Waals surface area contributed by atoms with E-state index in [2.05, 4.69) is 103 Å². The van der Waals surface area contributed by atoms with Gasteiger partial charge in [0.2, 0.25) is 0 Å². The molecule has 5 rings (SSSR count). The summed E-state index contributed by atoms with van der Waals surface area (Å²) in [6.45, 7) is 2.09. The Morgan fingerprint density at radius 3 is 2.03 bits per heavy atom. The third kappa shape index (κ3) is 3.34. The molecule has 0 amide bonds. The lowest BCUT2D eigenvalue weighted by atomic mass is 10.1. The zero-order valence-electron chi connectivity index (χ0n) is 15.6. The predicted molar refractivity (Wildman–Crippen MR) is 127 cm³/mol. The zero-order valence-corrected chi connectivity index (χ0v) is 18.8. The fourth-order valence-corrected chi connectivity index (χ4v) is 4.24. The molecule has 0 spiro atoms. The Kier molecular flexibility index (Phi) is 4.64. The lowest BCUT2D eigenvalue weighted by Gasteiger charge is -2.04. The number of aryl methyl sites for hydroxylation is 1. The number of aromatic amines is 2. The topological polar surface area (TPSA) is 44.5 Å². The normalized spacial score (nSPS) is 11.3. The molecule has 3 aromatic carbocycles. The molecule has 0 saturated carbocycles. The summed E-state index contributed by atoms with van der Waals surface area (Å²) in [5.41, 5.74) is 7.46. The molecule has 2 heterocycles. The molecular weight excluding hydrogens is 490 g/mol. The Morgan fingerprint density at radius 1 is 0.724 bits per heavy atom. The zero-order chi connectivity index (χ0) is 20.0. The van der Waals surface area contributed by atoms with Crippen LogP contribution in [0, 0.1) is 6.92 Å². The summed E-state index contributed by atoms with van der Waals surface area (Å²) in [5.74, 6) is 0.871. The minimum Gasteiger partial charge on any atom is -0.358 e. The molecule has 142 valence electrons. The standard InChI is InChI=1S/C24H17Br2N3/c1-14-21(19-4-2-3-5-20(19)27-14)24-28-22(15-6-10-17(25)11-7-15)23(29-24)16-8-12-18(26)13-9-16/h2-13,27H,1H3,(H,28,29). The summed E-state index contributed by atoms with van der Waals surface area (Å²) in [7, 11) is 0. The van der Waals surface area contributed by atoms with E-state index in [1.807, 2.05) is 18.2 Å². The second-order valence-electron chi connectivity index (χ2n) is 6.99. The monoisotopic (exact) mass is 505 g/mol. The van der Waals surface area contributed by atoms with E-state index in [-0.39, 0.29) is 0 Å². The number of para-hydroxylation sites is 1. The summed E-state index contributed by atoms with van der Waals surface area (Å²) in [5, 5.41) is 1.17. The smallest absolute Gasteiger partial charge is 0.140 e. The van der Waals surface area contributed by atoms with E-state index >= 15 is 0 Å². The maximum Gasteiger partial charge on any atom is 0.140 e. The fourth-order valence-electron chi connectivity index (χ4n) is 3.72. The third-order valence-electron chi connectivity index (χ3n) is 5.08. The number of benzene rings is 3. The van der Waals surface area contributed by atoms with Crippen molar-refractivity contribution in [1.29, 1.82) is 0 Å². The van der Waals surface area contributed by atoms with Crippen LogP contribution in [0.15, 0.2) is 81.7 Å². The van der Waals surface area contributed by atoms with Gasteiger partial charge in [0, 0.05) is 42.2 Å². The molecule has 2 aromatic heterocycles. The van der Waals surface area contributed by atoms with Gasteiger partial charge < -0.3 is 9.97 Å². The number of fused-ring (bicyclic) bond motifs is 1. The molecule has 29 heavy (non-hydrogen) atoms. The number of hydrogen-bond acceptors (Lipinski definition) is 1. The molecule has 2 N–H and O–H groups in total. The molecule has 0 bridgehead atoms. The minimum atomic E-state index is 0.871. The summed E-state index contributed by atoms with van der Waals surface area (Å²) in [4.78, 5) is 12.1. The van der Waals surface area contributed by atoms with E-state index in [9.17, 15) is 0 Å². The van der Waals surface area contributed by atoms with Crippen molar-refractivity contribution in [3.05, 3.63) is 87.4 Å². The quantitative estimate of drug-likeness (QED) is 0.258. The fraction of sp³-hybridized carbons (Fsp3) is 0.0417.